The maximum Gasteiger partial charge on any atom is 0.138 e. The van der Waals surface area contributed by atoms with E-state index in [1.807, 2.05) is 13.1 Å². The number of halogens is 1. The molecule has 2 rings (SSSR count). The Morgan fingerprint density at radius 3 is 2.94 bits per heavy atom. The Hall–Kier alpha value is -1.26. The molecule has 0 spiro atoms. The van der Waals surface area contributed by atoms with Crippen molar-refractivity contribution in [2.75, 3.05) is 5.73 Å². The van der Waals surface area contributed by atoms with Gasteiger partial charge in [-0.15, -0.1) is 11.3 Å². The molecule has 2 aromatic rings. The maximum atomic E-state index is 5.98. The third-order valence-electron chi connectivity index (χ3n) is 2.00. The standard InChI is InChI=1S/C11H11ClN2OS/c1-7-14-5-9(16-7)6-15-11-3-2-8(13)4-10(11)12/h2-5H,6,13H2,1H3. The Bertz CT molecular complexity index is 498. The van der Waals surface area contributed by atoms with Gasteiger partial charge in [-0.3, -0.25) is 0 Å². The summed E-state index contributed by atoms with van der Waals surface area (Å²) in [5, 5.41) is 1.56. The van der Waals surface area contributed by atoms with E-state index in [1.165, 1.54) is 0 Å². The van der Waals surface area contributed by atoms with Crippen LogP contribution in [-0.2, 0) is 6.61 Å². The summed E-state index contributed by atoms with van der Waals surface area (Å²) in [6.45, 7) is 2.44. The highest BCUT2D eigenvalue weighted by Gasteiger charge is 2.03. The van der Waals surface area contributed by atoms with Gasteiger partial charge in [0.1, 0.15) is 12.4 Å². The van der Waals surface area contributed by atoms with Crippen molar-refractivity contribution in [2.45, 2.75) is 13.5 Å². The van der Waals surface area contributed by atoms with Crippen molar-refractivity contribution in [1.29, 1.82) is 0 Å². The van der Waals surface area contributed by atoms with E-state index in [-0.39, 0.29) is 0 Å². The lowest BCUT2D eigenvalue weighted by Crippen LogP contribution is -1.94. The molecule has 0 atom stereocenters. The first-order valence-electron chi connectivity index (χ1n) is 4.74. The molecule has 0 amide bonds. The van der Waals surface area contributed by atoms with Gasteiger partial charge < -0.3 is 10.5 Å². The van der Waals surface area contributed by atoms with Gasteiger partial charge in [-0.05, 0) is 25.1 Å². The summed E-state index contributed by atoms with van der Waals surface area (Å²) in [7, 11) is 0. The fourth-order valence-corrected chi connectivity index (χ4v) is 2.21. The monoisotopic (exact) mass is 254 g/mol. The Morgan fingerprint density at radius 1 is 1.50 bits per heavy atom. The first-order chi connectivity index (χ1) is 7.65. The molecule has 0 unspecified atom stereocenters. The van der Waals surface area contributed by atoms with E-state index in [2.05, 4.69) is 4.98 Å². The van der Waals surface area contributed by atoms with Crippen LogP contribution in [0.15, 0.2) is 24.4 Å². The highest BCUT2D eigenvalue weighted by atomic mass is 35.5. The van der Waals surface area contributed by atoms with Crippen LogP contribution in [0.4, 0.5) is 5.69 Å². The predicted octanol–water partition coefficient (Wildman–Crippen LogP) is 3.27. The van der Waals surface area contributed by atoms with Crippen LogP contribution in [0.25, 0.3) is 0 Å². The summed E-state index contributed by atoms with van der Waals surface area (Å²) in [5.41, 5.74) is 6.22. The molecule has 5 heteroatoms. The second-order valence-corrected chi connectivity index (χ2v) is 5.05. The third kappa shape index (κ3) is 2.65. The van der Waals surface area contributed by atoms with Crippen molar-refractivity contribution in [3.63, 3.8) is 0 Å². The Balaban J connectivity index is 2.04. The van der Waals surface area contributed by atoms with Gasteiger partial charge in [-0.2, -0.15) is 0 Å². The number of nitrogens with zero attached hydrogens (tertiary/aromatic N) is 1. The van der Waals surface area contributed by atoms with Gasteiger partial charge in [0.25, 0.3) is 0 Å². The zero-order valence-electron chi connectivity index (χ0n) is 8.74. The second-order valence-electron chi connectivity index (χ2n) is 3.32. The number of thiazole rings is 1. The maximum absolute atomic E-state index is 5.98. The number of anilines is 1. The first-order valence-corrected chi connectivity index (χ1v) is 5.94. The van der Waals surface area contributed by atoms with Crippen molar-refractivity contribution in [3.05, 3.63) is 39.3 Å². The minimum atomic E-state index is 0.481. The van der Waals surface area contributed by atoms with Crippen molar-refractivity contribution in [2.24, 2.45) is 0 Å². The number of nitrogens with two attached hydrogens (primary N) is 1. The number of hydrogen-bond acceptors (Lipinski definition) is 4. The van der Waals surface area contributed by atoms with Crippen LogP contribution in [0.2, 0.25) is 5.02 Å². The molecule has 16 heavy (non-hydrogen) atoms. The topological polar surface area (TPSA) is 48.1 Å². The number of nitrogen functional groups attached to an aromatic ring is 1. The highest BCUT2D eigenvalue weighted by molar-refractivity contribution is 7.11. The minimum absolute atomic E-state index is 0.481. The Kier molecular flexibility index (Phi) is 3.31. The van der Waals surface area contributed by atoms with Crippen molar-refractivity contribution in [1.82, 2.24) is 4.98 Å². The van der Waals surface area contributed by atoms with E-state index in [1.54, 1.807) is 29.5 Å². The quantitative estimate of drug-likeness (QED) is 0.856. The molecule has 0 aliphatic rings. The van der Waals surface area contributed by atoms with Gasteiger partial charge in [-0.1, -0.05) is 11.6 Å². The molecule has 0 saturated carbocycles. The van der Waals surface area contributed by atoms with E-state index in [4.69, 9.17) is 22.1 Å². The fraction of sp³-hybridized carbons (Fsp3) is 0.182. The molecule has 0 bridgehead atoms. The summed E-state index contributed by atoms with van der Waals surface area (Å²) in [4.78, 5) is 5.23. The van der Waals surface area contributed by atoms with Crippen molar-refractivity contribution in [3.8, 4) is 5.75 Å². The molecule has 1 aromatic heterocycles. The lowest BCUT2D eigenvalue weighted by atomic mass is 10.3. The summed E-state index contributed by atoms with van der Waals surface area (Å²) < 4.78 is 5.57. The van der Waals surface area contributed by atoms with Gasteiger partial charge in [0.2, 0.25) is 0 Å². The highest BCUT2D eigenvalue weighted by Crippen LogP contribution is 2.27. The number of aromatic nitrogens is 1. The van der Waals surface area contributed by atoms with Crippen LogP contribution in [-0.4, -0.2) is 4.98 Å². The van der Waals surface area contributed by atoms with Crippen molar-refractivity contribution < 1.29 is 4.74 Å². The van der Waals surface area contributed by atoms with Crippen LogP contribution >= 0.6 is 22.9 Å². The minimum Gasteiger partial charge on any atom is -0.486 e. The van der Waals surface area contributed by atoms with Crippen LogP contribution in [0, 0.1) is 6.92 Å². The molecule has 1 heterocycles. The normalized spacial score (nSPS) is 10.4. The van der Waals surface area contributed by atoms with Crippen molar-refractivity contribution >= 4 is 28.6 Å². The molecule has 0 saturated heterocycles. The largest absolute Gasteiger partial charge is 0.486 e. The molecule has 84 valence electrons. The number of rotatable bonds is 3. The van der Waals surface area contributed by atoms with Gasteiger partial charge in [-0.25, -0.2) is 4.98 Å². The predicted molar refractivity (Wildman–Crippen MR) is 67.0 cm³/mol. The molecular formula is C11H11ClN2OS. The lowest BCUT2D eigenvalue weighted by molar-refractivity contribution is 0.310. The van der Waals surface area contributed by atoms with Gasteiger partial charge in [0.05, 0.1) is 14.9 Å². The third-order valence-corrected chi connectivity index (χ3v) is 3.18. The molecule has 0 fully saturated rings. The molecule has 0 radical (unpaired) electrons. The van der Waals surface area contributed by atoms with E-state index in [9.17, 15) is 0 Å². The lowest BCUT2D eigenvalue weighted by Gasteiger charge is -2.06. The number of benzene rings is 1. The van der Waals surface area contributed by atoms with E-state index < -0.39 is 0 Å². The van der Waals surface area contributed by atoms with Crippen LogP contribution in [0.1, 0.15) is 9.88 Å². The van der Waals surface area contributed by atoms with Crippen LogP contribution in [0.5, 0.6) is 5.75 Å². The summed E-state index contributed by atoms with van der Waals surface area (Å²) >= 11 is 7.60. The van der Waals surface area contributed by atoms with Gasteiger partial charge in [0, 0.05) is 11.9 Å². The Labute approximate surface area is 103 Å². The number of hydrogen-bond donors (Lipinski definition) is 1. The Morgan fingerprint density at radius 2 is 2.31 bits per heavy atom. The summed E-state index contributed by atoms with van der Waals surface area (Å²) in [5.74, 6) is 0.641. The molecule has 3 nitrogen and oxygen atoms in total. The zero-order valence-corrected chi connectivity index (χ0v) is 10.3. The van der Waals surface area contributed by atoms with E-state index in [0.29, 0.717) is 23.1 Å². The second kappa shape index (κ2) is 4.72. The molecule has 0 aliphatic heterocycles. The van der Waals surface area contributed by atoms with E-state index >= 15 is 0 Å². The van der Waals surface area contributed by atoms with Gasteiger partial charge in [0.15, 0.2) is 0 Å². The zero-order chi connectivity index (χ0) is 11.5. The SMILES string of the molecule is Cc1ncc(COc2ccc(N)cc2Cl)s1. The summed E-state index contributed by atoms with van der Waals surface area (Å²) in [6.07, 6.45) is 1.81. The molecule has 2 N–H and O–H groups in total. The number of ether oxygens (including phenoxy) is 1. The average Bonchev–Trinajstić information content (AvgIpc) is 2.63. The molecule has 0 aliphatic carbocycles. The summed E-state index contributed by atoms with van der Waals surface area (Å²) in [6, 6.07) is 5.21. The fourth-order valence-electron chi connectivity index (χ4n) is 1.26. The average molecular weight is 255 g/mol. The van der Waals surface area contributed by atoms with Crippen LogP contribution in [0.3, 0.4) is 0 Å². The van der Waals surface area contributed by atoms with E-state index in [0.717, 1.165) is 9.88 Å². The van der Waals surface area contributed by atoms with Gasteiger partial charge >= 0.3 is 0 Å². The smallest absolute Gasteiger partial charge is 0.138 e. The molecule has 1 aromatic carbocycles. The number of aryl methyl sites for hydroxylation is 1. The van der Waals surface area contributed by atoms with Crippen LogP contribution < -0.4 is 10.5 Å². The molecular weight excluding hydrogens is 244 g/mol. The first kappa shape index (κ1) is 11.2.